The van der Waals surface area contributed by atoms with Crippen LogP contribution in [0.1, 0.15) is 20.3 Å². The lowest BCUT2D eigenvalue weighted by atomic mass is 9.64. The first-order valence-electron chi connectivity index (χ1n) is 5.41. The number of anilines is 1. The molecule has 1 aromatic carbocycles. The van der Waals surface area contributed by atoms with E-state index in [1.807, 2.05) is 13.8 Å². The van der Waals surface area contributed by atoms with E-state index in [1.165, 1.54) is 12.1 Å². The Morgan fingerprint density at radius 1 is 1.35 bits per heavy atom. The predicted molar refractivity (Wildman–Crippen MR) is 65.9 cm³/mol. The van der Waals surface area contributed by atoms with Gasteiger partial charge in [0.25, 0.3) is 0 Å². The van der Waals surface area contributed by atoms with E-state index in [2.05, 4.69) is 21.2 Å². The first kappa shape index (κ1) is 12.8. The van der Waals surface area contributed by atoms with Crippen molar-refractivity contribution in [2.24, 2.45) is 5.41 Å². The largest absolute Gasteiger partial charge is 0.392 e. The van der Waals surface area contributed by atoms with Gasteiger partial charge in [-0.25, -0.2) is 8.78 Å². The van der Waals surface area contributed by atoms with E-state index in [0.29, 0.717) is 10.9 Å². The van der Waals surface area contributed by atoms with Crippen LogP contribution in [0.4, 0.5) is 14.5 Å². The van der Waals surface area contributed by atoms with E-state index in [9.17, 15) is 13.9 Å². The highest BCUT2D eigenvalue weighted by atomic mass is 79.9. The van der Waals surface area contributed by atoms with Crippen molar-refractivity contribution >= 4 is 21.6 Å². The van der Waals surface area contributed by atoms with Crippen molar-refractivity contribution in [1.82, 2.24) is 0 Å². The summed E-state index contributed by atoms with van der Waals surface area (Å²) in [5.41, 5.74) is -0.496. The second-order valence-electron chi connectivity index (χ2n) is 5.01. The SMILES string of the molecule is CC1(C)C(O)CC1Nc1c(F)cc(Br)cc1F. The number of rotatable bonds is 2. The third-order valence-corrected chi connectivity index (χ3v) is 4.00. The second kappa shape index (κ2) is 4.21. The quantitative estimate of drug-likeness (QED) is 0.879. The molecule has 2 atom stereocenters. The number of nitrogens with one attached hydrogen (secondary N) is 1. The smallest absolute Gasteiger partial charge is 0.150 e. The zero-order chi connectivity index (χ0) is 12.8. The van der Waals surface area contributed by atoms with Gasteiger partial charge in [-0.1, -0.05) is 29.8 Å². The first-order chi connectivity index (χ1) is 7.82. The molecule has 2 rings (SSSR count). The zero-order valence-corrected chi connectivity index (χ0v) is 11.2. The topological polar surface area (TPSA) is 32.3 Å². The molecule has 0 bridgehead atoms. The third kappa shape index (κ3) is 2.18. The highest BCUT2D eigenvalue weighted by molar-refractivity contribution is 9.10. The molecule has 94 valence electrons. The van der Waals surface area contributed by atoms with Crippen molar-refractivity contribution in [3.8, 4) is 0 Å². The average molecular weight is 306 g/mol. The summed E-state index contributed by atoms with van der Waals surface area (Å²) < 4.78 is 27.5. The Labute approximate surface area is 107 Å². The Morgan fingerprint density at radius 2 is 1.88 bits per heavy atom. The Morgan fingerprint density at radius 3 is 2.29 bits per heavy atom. The van der Waals surface area contributed by atoms with Gasteiger partial charge in [0, 0.05) is 15.9 Å². The lowest BCUT2D eigenvalue weighted by Gasteiger charge is -2.49. The lowest BCUT2D eigenvalue weighted by molar-refractivity contribution is -0.0512. The van der Waals surface area contributed by atoms with Gasteiger partial charge in [0.1, 0.15) is 17.3 Å². The fourth-order valence-corrected chi connectivity index (χ4v) is 2.40. The molecule has 0 amide bonds. The minimum atomic E-state index is -0.630. The van der Waals surface area contributed by atoms with Gasteiger partial charge in [-0.2, -0.15) is 0 Å². The Bertz CT molecular complexity index is 427. The highest BCUT2D eigenvalue weighted by Gasteiger charge is 2.47. The van der Waals surface area contributed by atoms with Crippen molar-refractivity contribution < 1.29 is 13.9 Å². The van der Waals surface area contributed by atoms with Crippen LogP contribution >= 0.6 is 15.9 Å². The molecule has 0 aromatic heterocycles. The third-order valence-electron chi connectivity index (χ3n) is 3.54. The minimum absolute atomic E-state index is 0.123. The maximum atomic E-state index is 13.6. The van der Waals surface area contributed by atoms with Crippen LogP contribution in [-0.2, 0) is 0 Å². The van der Waals surface area contributed by atoms with Gasteiger partial charge >= 0.3 is 0 Å². The molecule has 17 heavy (non-hydrogen) atoms. The number of halogens is 3. The van der Waals surface area contributed by atoms with Crippen LogP contribution in [0.2, 0.25) is 0 Å². The molecule has 0 spiro atoms. The van der Waals surface area contributed by atoms with Gasteiger partial charge in [-0.15, -0.1) is 0 Å². The van der Waals surface area contributed by atoms with Crippen molar-refractivity contribution in [1.29, 1.82) is 0 Å². The van der Waals surface area contributed by atoms with E-state index >= 15 is 0 Å². The molecule has 5 heteroatoms. The van der Waals surface area contributed by atoms with E-state index in [4.69, 9.17) is 0 Å². The van der Waals surface area contributed by atoms with Crippen LogP contribution in [0.15, 0.2) is 16.6 Å². The molecule has 1 aliphatic rings. The van der Waals surface area contributed by atoms with Gasteiger partial charge in [-0.05, 0) is 18.6 Å². The Kier molecular flexibility index (Phi) is 3.16. The average Bonchev–Trinajstić information content (AvgIpc) is 2.21. The molecule has 2 unspecified atom stereocenters. The molecule has 1 aromatic rings. The molecule has 0 saturated heterocycles. The van der Waals surface area contributed by atoms with Gasteiger partial charge < -0.3 is 10.4 Å². The van der Waals surface area contributed by atoms with Crippen LogP contribution in [-0.4, -0.2) is 17.3 Å². The Balaban J connectivity index is 2.21. The standard InChI is InChI=1S/C12H14BrF2NO/c1-12(2)9(5-10(12)17)16-11-7(14)3-6(13)4-8(11)15/h3-4,9-10,16-17H,5H2,1-2H3. The molecule has 2 N–H and O–H groups in total. The summed E-state index contributed by atoms with van der Waals surface area (Å²) in [5, 5.41) is 12.4. The van der Waals surface area contributed by atoms with Gasteiger partial charge in [-0.3, -0.25) is 0 Å². The zero-order valence-electron chi connectivity index (χ0n) is 9.60. The summed E-state index contributed by atoms with van der Waals surface area (Å²) >= 11 is 3.03. The van der Waals surface area contributed by atoms with Crippen LogP contribution in [0.5, 0.6) is 0 Å². The summed E-state index contributed by atoms with van der Waals surface area (Å²) in [7, 11) is 0. The summed E-state index contributed by atoms with van der Waals surface area (Å²) in [6.07, 6.45) is 0.0728. The fraction of sp³-hybridized carbons (Fsp3) is 0.500. The van der Waals surface area contributed by atoms with Gasteiger partial charge in [0.15, 0.2) is 0 Å². The molecular formula is C12H14BrF2NO. The second-order valence-corrected chi connectivity index (χ2v) is 5.93. The van der Waals surface area contributed by atoms with Crippen molar-refractivity contribution in [3.63, 3.8) is 0 Å². The summed E-state index contributed by atoms with van der Waals surface area (Å²) in [5.74, 6) is -1.26. The summed E-state index contributed by atoms with van der Waals surface area (Å²) in [4.78, 5) is 0. The molecule has 1 saturated carbocycles. The molecule has 1 fully saturated rings. The Hall–Kier alpha value is -0.680. The molecule has 0 aliphatic heterocycles. The maximum absolute atomic E-state index is 13.6. The van der Waals surface area contributed by atoms with Gasteiger partial charge in [0.05, 0.1) is 6.10 Å². The predicted octanol–water partition coefficient (Wildman–Crippen LogP) is 3.30. The lowest BCUT2D eigenvalue weighted by Crippen LogP contribution is -2.57. The molecular weight excluding hydrogens is 292 g/mol. The normalized spacial score (nSPS) is 26.5. The summed E-state index contributed by atoms with van der Waals surface area (Å²) in [6.45, 7) is 3.74. The number of benzene rings is 1. The van der Waals surface area contributed by atoms with E-state index in [1.54, 1.807) is 0 Å². The van der Waals surface area contributed by atoms with Crippen molar-refractivity contribution in [3.05, 3.63) is 28.2 Å². The first-order valence-corrected chi connectivity index (χ1v) is 6.21. The van der Waals surface area contributed by atoms with E-state index in [-0.39, 0.29) is 17.1 Å². The molecule has 2 nitrogen and oxygen atoms in total. The van der Waals surface area contributed by atoms with Crippen molar-refractivity contribution in [2.45, 2.75) is 32.4 Å². The molecule has 0 heterocycles. The van der Waals surface area contributed by atoms with Crippen LogP contribution in [0, 0.1) is 17.0 Å². The van der Waals surface area contributed by atoms with Crippen LogP contribution in [0.25, 0.3) is 0 Å². The number of hydrogen-bond acceptors (Lipinski definition) is 2. The monoisotopic (exact) mass is 305 g/mol. The minimum Gasteiger partial charge on any atom is -0.392 e. The van der Waals surface area contributed by atoms with E-state index in [0.717, 1.165) is 0 Å². The van der Waals surface area contributed by atoms with Gasteiger partial charge in [0.2, 0.25) is 0 Å². The molecule has 1 aliphatic carbocycles. The molecule has 0 radical (unpaired) electrons. The maximum Gasteiger partial charge on any atom is 0.150 e. The van der Waals surface area contributed by atoms with Crippen LogP contribution in [0.3, 0.4) is 0 Å². The summed E-state index contributed by atoms with van der Waals surface area (Å²) in [6, 6.07) is 2.31. The van der Waals surface area contributed by atoms with Crippen LogP contribution < -0.4 is 5.32 Å². The number of aliphatic hydroxyl groups excluding tert-OH is 1. The number of aliphatic hydroxyl groups is 1. The van der Waals surface area contributed by atoms with E-state index < -0.39 is 17.7 Å². The number of hydrogen-bond donors (Lipinski definition) is 2. The highest BCUT2D eigenvalue weighted by Crippen LogP contribution is 2.42. The van der Waals surface area contributed by atoms with Crippen molar-refractivity contribution in [2.75, 3.05) is 5.32 Å². The fourth-order valence-electron chi connectivity index (χ4n) is 2.00.